The van der Waals surface area contributed by atoms with Crippen LogP contribution in [0.3, 0.4) is 0 Å². The predicted molar refractivity (Wildman–Crippen MR) is 97.5 cm³/mol. The summed E-state index contributed by atoms with van der Waals surface area (Å²) < 4.78 is 39.2. The number of nitrogens with zero attached hydrogens (tertiary/aromatic N) is 2. The third kappa shape index (κ3) is 4.32. The molecular formula is C18H25N3O4S. The molecule has 1 atom stereocenters. The average Bonchev–Trinajstić information content (AvgIpc) is 2.95. The van der Waals surface area contributed by atoms with Gasteiger partial charge in [0, 0.05) is 19.6 Å². The number of ether oxygens (including phenoxy) is 1. The van der Waals surface area contributed by atoms with Crippen LogP contribution in [0.2, 0.25) is 0 Å². The molecule has 0 saturated carbocycles. The van der Waals surface area contributed by atoms with Crippen LogP contribution in [0.4, 0.5) is 0 Å². The predicted octanol–water partition coefficient (Wildman–Crippen LogP) is 1.95. The van der Waals surface area contributed by atoms with E-state index >= 15 is 0 Å². The van der Waals surface area contributed by atoms with Crippen LogP contribution in [0.1, 0.15) is 28.6 Å². The summed E-state index contributed by atoms with van der Waals surface area (Å²) in [5.74, 6) is 0.295. The molecule has 26 heavy (non-hydrogen) atoms. The summed E-state index contributed by atoms with van der Waals surface area (Å²) in [6.45, 7) is 8.73. The Balaban J connectivity index is 1.88. The molecule has 0 radical (unpaired) electrons. The third-order valence-corrected chi connectivity index (χ3v) is 6.27. The fourth-order valence-corrected chi connectivity index (χ4v) is 4.70. The largest absolute Gasteiger partial charge is 0.379 e. The van der Waals surface area contributed by atoms with E-state index in [-0.39, 0.29) is 10.9 Å². The second-order valence-electron chi connectivity index (χ2n) is 6.65. The summed E-state index contributed by atoms with van der Waals surface area (Å²) in [5.41, 5.74) is 2.42. The molecule has 1 aliphatic rings. The van der Waals surface area contributed by atoms with Crippen molar-refractivity contribution in [2.45, 2.75) is 31.7 Å². The minimum absolute atomic E-state index is 0.122. The summed E-state index contributed by atoms with van der Waals surface area (Å²) in [7, 11) is -3.75. The lowest BCUT2D eigenvalue weighted by Gasteiger charge is -2.31. The number of sulfonamides is 1. The summed E-state index contributed by atoms with van der Waals surface area (Å²) >= 11 is 0. The zero-order valence-electron chi connectivity index (χ0n) is 15.4. The smallest absolute Gasteiger partial charge is 0.246 e. The van der Waals surface area contributed by atoms with Gasteiger partial charge in [-0.05, 0) is 26.3 Å². The molecule has 3 rings (SSSR count). The second kappa shape index (κ2) is 7.87. The van der Waals surface area contributed by atoms with Gasteiger partial charge < -0.3 is 9.26 Å². The van der Waals surface area contributed by atoms with E-state index in [0.29, 0.717) is 31.2 Å². The Labute approximate surface area is 154 Å². The number of hydrogen-bond acceptors (Lipinski definition) is 6. The molecule has 1 aliphatic heterocycles. The van der Waals surface area contributed by atoms with E-state index in [4.69, 9.17) is 9.26 Å². The maximum atomic E-state index is 13.0. The lowest BCUT2D eigenvalue weighted by molar-refractivity contribution is 0.0345. The van der Waals surface area contributed by atoms with Crippen LogP contribution in [-0.4, -0.2) is 51.3 Å². The normalized spacial score (nSPS) is 17.3. The van der Waals surface area contributed by atoms with Gasteiger partial charge in [-0.1, -0.05) is 35.0 Å². The molecule has 1 fully saturated rings. The van der Waals surface area contributed by atoms with Crippen molar-refractivity contribution in [3.8, 4) is 0 Å². The van der Waals surface area contributed by atoms with Gasteiger partial charge in [0.15, 0.2) is 5.76 Å². The van der Waals surface area contributed by atoms with Gasteiger partial charge >= 0.3 is 0 Å². The highest BCUT2D eigenvalue weighted by Crippen LogP contribution is 2.23. The van der Waals surface area contributed by atoms with E-state index in [0.717, 1.165) is 24.2 Å². The molecule has 0 amide bonds. The van der Waals surface area contributed by atoms with E-state index in [9.17, 15) is 8.42 Å². The number of aromatic nitrogens is 1. The van der Waals surface area contributed by atoms with E-state index in [1.165, 1.54) is 0 Å². The molecule has 0 aliphatic carbocycles. The highest BCUT2D eigenvalue weighted by Gasteiger charge is 2.29. The van der Waals surface area contributed by atoms with Gasteiger partial charge in [-0.15, -0.1) is 0 Å². The number of morpholine rings is 1. The van der Waals surface area contributed by atoms with E-state index < -0.39 is 10.0 Å². The van der Waals surface area contributed by atoms with E-state index in [2.05, 4.69) is 14.8 Å². The molecule has 7 nitrogen and oxygen atoms in total. The van der Waals surface area contributed by atoms with Gasteiger partial charge in [0.05, 0.1) is 19.3 Å². The first-order valence-electron chi connectivity index (χ1n) is 8.68. The topological polar surface area (TPSA) is 84.7 Å². The summed E-state index contributed by atoms with van der Waals surface area (Å²) in [6, 6.07) is 7.55. The zero-order valence-corrected chi connectivity index (χ0v) is 16.2. The van der Waals surface area contributed by atoms with E-state index in [1.807, 2.05) is 31.2 Å². The Morgan fingerprint density at radius 2 is 1.81 bits per heavy atom. The lowest BCUT2D eigenvalue weighted by Crippen LogP contribution is -2.43. The number of rotatable bonds is 6. The van der Waals surface area contributed by atoms with E-state index in [1.54, 1.807) is 13.8 Å². The van der Waals surface area contributed by atoms with Crippen molar-refractivity contribution in [1.29, 1.82) is 0 Å². The summed E-state index contributed by atoms with van der Waals surface area (Å²) in [6.07, 6.45) is 0. The highest BCUT2D eigenvalue weighted by atomic mass is 32.2. The van der Waals surface area contributed by atoms with Crippen molar-refractivity contribution in [1.82, 2.24) is 14.8 Å². The van der Waals surface area contributed by atoms with Crippen LogP contribution >= 0.6 is 0 Å². The fraction of sp³-hybridized carbons (Fsp3) is 0.500. The monoisotopic (exact) mass is 379 g/mol. The van der Waals surface area contributed by atoms with Gasteiger partial charge in [-0.25, -0.2) is 13.1 Å². The van der Waals surface area contributed by atoms with Crippen LogP contribution in [0, 0.1) is 20.8 Å². The molecular weight excluding hydrogens is 354 g/mol. The minimum Gasteiger partial charge on any atom is -0.379 e. The van der Waals surface area contributed by atoms with Crippen molar-refractivity contribution in [2.75, 3.05) is 32.8 Å². The molecule has 2 heterocycles. The van der Waals surface area contributed by atoms with Crippen LogP contribution < -0.4 is 4.72 Å². The Bertz CT molecular complexity index is 820. The SMILES string of the molecule is Cc1ccc([C@@H](CN2CCOCC2)NS(=O)(=O)c2c(C)noc2C)cc1. The standard InChI is InChI=1S/C18H25N3O4S/c1-13-4-6-16(7-5-13)17(12-21-8-10-24-11-9-21)20-26(22,23)18-14(2)19-25-15(18)3/h4-7,17,20H,8-12H2,1-3H3/t17-/m1/s1. The van der Waals surface area contributed by atoms with Gasteiger partial charge in [0.25, 0.3) is 0 Å². The number of hydrogen-bond donors (Lipinski definition) is 1. The Kier molecular flexibility index (Phi) is 5.76. The third-order valence-electron chi connectivity index (χ3n) is 4.56. The molecule has 142 valence electrons. The first kappa shape index (κ1) is 19.0. The van der Waals surface area contributed by atoms with Crippen LogP contribution in [0.25, 0.3) is 0 Å². The van der Waals surface area contributed by atoms with Crippen molar-refractivity contribution in [2.24, 2.45) is 0 Å². The number of benzene rings is 1. The maximum Gasteiger partial charge on any atom is 0.246 e. The Hall–Kier alpha value is -1.74. The first-order valence-corrected chi connectivity index (χ1v) is 10.2. The molecule has 8 heteroatoms. The van der Waals surface area contributed by atoms with Gasteiger partial charge in [0.1, 0.15) is 10.6 Å². The molecule has 0 bridgehead atoms. The molecule has 2 aromatic rings. The molecule has 1 saturated heterocycles. The van der Waals surface area contributed by atoms with Crippen molar-refractivity contribution in [3.63, 3.8) is 0 Å². The average molecular weight is 379 g/mol. The molecule has 0 spiro atoms. The number of aryl methyl sites for hydroxylation is 3. The first-order chi connectivity index (χ1) is 12.4. The van der Waals surface area contributed by atoms with Gasteiger partial charge in [-0.3, -0.25) is 4.90 Å². The number of nitrogens with one attached hydrogen (secondary N) is 1. The quantitative estimate of drug-likeness (QED) is 0.826. The van der Waals surface area contributed by atoms with Gasteiger partial charge in [-0.2, -0.15) is 0 Å². The van der Waals surface area contributed by atoms with Crippen LogP contribution in [0.15, 0.2) is 33.7 Å². The molecule has 1 aromatic carbocycles. The van der Waals surface area contributed by atoms with Crippen LogP contribution in [-0.2, 0) is 14.8 Å². The maximum absolute atomic E-state index is 13.0. The Morgan fingerprint density at radius 1 is 1.15 bits per heavy atom. The lowest BCUT2D eigenvalue weighted by atomic mass is 10.1. The second-order valence-corrected chi connectivity index (χ2v) is 8.30. The minimum atomic E-state index is -3.75. The zero-order chi connectivity index (χ0) is 18.7. The molecule has 1 aromatic heterocycles. The summed E-state index contributed by atoms with van der Waals surface area (Å²) in [5, 5.41) is 3.77. The van der Waals surface area contributed by atoms with Gasteiger partial charge in [0.2, 0.25) is 10.0 Å². The Morgan fingerprint density at radius 3 is 2.38 bits per heavy atom. The molecule has 1 N–H and O–H groups in total. The van der Waals surface area contributed by atoms with Crippen molar-refractivity contribution >= 4 is 10.0 Å². The highest BCUT2D eigenvalue weighted by molar-refractivity contribution is 7.89. The summed E-state index contributed by atoms with van der Waals surface area (Å²) in [4.78, 5) is 2.33. The molecule has 0 unspecified atom stereocenters. The van der Waals surface area contributed by atoms with Crippen molar-refractivity contribution in [3.05, 3.63) is 46.8 Å². The van der Waals surface area contributed by atoms with Crippen LogP contribution in [0.5, 0.6) is 0 Å². The van der Waals surface area contributed by atoms with Crippen molar-refractivity contribution < 1.29 is 17.7 Å². The fourth-order valence-electron chi connectivity index (χ4n) is 3.16.